The molecular formula is C10H12N4. The van der Waals surface area contributed by atoms with E-state index in [1.807, 2.05) is 31.4 Å². The van der Waals surface area contributed by atoms with Crippen LogP contribution in [-0.4, -0.2) is 22.0 Å². The zero-order valence-electron chi connectivity index (χ0n) is 7.94. The second-order valence-electron chi connectivity index (χ2n) is 2.95. The van der Waals surface area contributed by atoms with Gasteiger partial charge in [-0.1, -0.05) is 0 Å². The molecule has 1 unspecified atom stereocenters. The van der Waals surface area contributed by atoms with Crippen molar-refractivity contribution in [3.05, 3.63) is 48.3 Å². The van der Waals surface area contributed by atoms with Crippen LogP contribution in [-0.2, 0) is 0 Å². The molecule has 0 saturated heterocycles. The molecule has 0 aliphatic heterocycles. The van der Waals surface area contributed by atoms with Gasteiger partial charge in [-0.15, -0.1) is 0 Å². The summed E-state index contributed by atoms with van der Waals surface area (Å²) < 4.78 is 0. The Morgan fingerprint density at radius 3 is 2.64 bits per heavy atom. The molecule has 72 valence electrons. The first-order valence-electron chi connectivity index (χ1n) is 4.49. The lowest BCUT2D eigenvalue weighted by molar-refractivity contribution is 0.632. The molecule has 1 atom stereocenters. The summed E-state index contributed by atoms with van der Waals surface area (Å²) in [4.78, 5) is 11.6. The molecule has 0 amide bonds. The third kappa shape index (κ3) is 1.65. The smallest absolute Gasteiger partial charge is 0.151 e. The van der Waals surface area contributed by atoms with Crippen LogP contribution in [0.5, 0.6) is 0 Å². The van der Waals surface area contributed by atoms with E-state index >= 15 is 0 Å². The van der Waals surface area contributed by atoms with Gasteiger partial charge in [-0.25, -0.2) is 9.97 Å². The van der Waals surface area contributed by atoms with Crippen molar-refractivity contribution >= 4 is 0 Å². The van der Waals surface area contributed by atoms with E-state index in [0.29, 0.717) is 0 Å². The standard InChI is InChI=1S/C10H12N4/c1-11-9(8-4-2-5-12-8)10-13-6-3-7-14-10/h2-7,9,11-12H,1H3. The predicted molar refractivity (Wildman–Crippen MR) is 53.7 cm³/mol. The molecule has 2 heterocycles. The molecule has 0 spiro atoms. The van der Waals surface area contributed by atoms with E-state index in [2.05, 4.69) is 20.3 Å². The molecule has 0 aliphatic carbocycles. The molecule has 0 aromatic carbocycles. The number of rotatable bonds is 3. The summed E-state index contributed by atoms with van der Waals surface area (Å²) in [5.74, 6) is 0.775. The number of hydrogen-bond acceptors (Lipinski definition) is 3. The van der Waals surface area contributed by atoms with Crippen molar-refractivity contribution < 1.29 is 0 Å². The Hall–Kier alpha value is -1.68. The predicted octanol–water partition coefficient (Wildman–Crippen LogP) is 1.11. The van der Waals surface area contributed by atoms with Gasteiger partial charge in [0.15, 0.2) is 5.82 Å². The minimum atomic E-state index is 0.0335. The minimum Gasteiger partial charge on any atom is -0.363 e. The fraction of sp³-hybridized carbons (Fsp3) is 0.200. The summed E-state index contributed by atoms with van der Waals surface area (Å²) in [7, 11) is 1.89. The van der Waals surface area contributed by atoms with Crippen LogP contribution < -0.4 is 5.32 Å². The first-order valence-corrected chi connectivity index (χ1v) is 4.49. The van der Waals surface area contributed by atoms with Gasteiger partial charge in [-0.3, -0.25) is 0 Å². The fourth-order valence-electron chi connectivity index (χ4n) is 1.41. The SMILES string of the molecule is CNC(c1ncccn1)c1ccc[nH]1. The molecular weight excluding hydrogens is 176 g/mol. The quantitative estimate of drug-likeness (QED) is 0.758. The van der Waals surface area contributed by atoms with Crippen molar-refractivity contribution in [2.45, 2.75) is 6.04 Å². The van der Waals surface area contributed by atoms with Gasteiger partial charge in [-0.2, -0.15) is 0 Å². The van der Waals surface area contributed by atoms with Crippen LogP contribution in [0.2, 0.25) is 0 Å². The van der Waals surface area contributed by atoms with E-state index < -0.39 is 0 Å². The van der Waals surface area contributed by atoms with Gasteiger partial charge in [0.1, 0.15) is 6.04 Å². The third-order valence-electron chi connectivity index (χ3n) is 2.07. The van der Waals surface area contributed by atoms with Crippen molar-refractivity contribution in [1.82, 2.24) is 20.3 Å². The Bertz CT molecular complexity index is 368. The van der Waals surface area contributed by atoms with Crippen molar-refractivity contribution in [3.8, 4) is 0 Å². The number of nitrogens with zero attached hydrogens (tertiary/aromatic N) is 2. The first kappa shape index (κ1) is 8.90. The van der Waals surface area contributed by atoms with Gasteiger partial charge < -0.3 is 10.3 Å². The number of nitrogens with one attached hydrogen (secondary N) is 2. The van der Waals surface area contributed by atoms with Crippen molar-refractivity contribution in [2.24, 2.45) is 0 Å². The normalized spacial score (nSPS) is 12.6. The Morgan fingerprint density at radius 1 is 1.29 bits per heavy atom. The average Bonchev–Trinajstić information content (AvgIpc) is 2.74. The number of hydrogen-bond donors (Lipinski definition) is 2. The Kier molecular flexibility index (Phi) is 2.55. The molecule has 2 aromatic rings. The van der Waals surface area contributed by atoms with Crippen molar-refractivity contribution in [2.75, 3.05) is 7.05 Å². The van der Waals surface area contributed by atoms with E-state index in [1.54, 1.807) is 12.4 Å². The summed E-state index contributed by atoms with van der Waals surface area (Å²) in [6.45, 7) is 0. The molecule has 0 saturated carbocycles. The maximum absolute atomic E-state index is 4.21. The molecule has 0 radical (unpaired) electrons. The van der Waals surface area contributed by atoms with E-state index in [1.165, 1.54) is 0 Å². The fourth-order valence-corrected chi connectivity index (χ4v) is 1.41. The second kappa shape index (κ2) is 4.02. The molecule has 2 aromatic heterocycles. The molecule has 0 fully saturated rings. The number of aromatic amines is 1. The van der Waals surface area contributed by atoms with Crippen molar-refractivity contribution in [3.63, 3.8) is 0 Å². The number of H-pyrrole nitrogens is 1. The first-order chi connectivity index (χ1) is 6.92. The molecule has 0 bridgehead atoms. The summed E-state index contributed by atoms with van der Waals surface area (Å²) in [6, 6.07) is 5.82. The van der Waals surface area contributed by atoms with Crippen LogP contribution in [0.1, 0.15) is 17.6 Å². The van der Waals surface area contributed by atoms with Crippen LogP contribution in [0.25, 0.3) is 0 Å². The lowest BCUT2D eigenvalue weighted by atomic mass is 10.2. The maximum atomic E-state index is 4.21. The highest BCUT2D eigenvalue weighted by molar-refractivity contribution is 5.17. The summed E-state index contributed by atoms with van der Waals surface area (Å²) in [5.41, 5.74) is 1.07. The molecule has 2 rings (SSSR count). The van der Waals surface area contributed by atoms with Crippen LogP contribution in [0, 0.1) is 0 Å². The number of aromatic nitrogens is 3. The summed E-state index contributed by atoms with van der Waals surface area (Å²) in [6.07, 6.45) is 5.38. The Labute approximate surface area is 82.4 Å². The summed E-state index contributed by atoms with van der Waals surface area (Å²) in [5, 5.41) is 3.16. The lowest BCUT2D eigenvalue weighted by Crippen LogP contribution is -2.20. The van der Waals surface area contributed by atoms with Crippen LogP contribution in [0.15, 0.2) is 36.8 Å². The molecule has 4 nitrogen and oxygen atoms in total. The monoisotopic (exact) mass is 188 g/mol. The topological polar surface area (TPSA) is 53.6 Å². The second-order valence-corrected chi connectivity index (χ2v) is 2.95. The van der Waals surface area contributed by atoms with Gasteiger partial charge in [0.2, 0.25) is 0 Å². The molecule has 4 heteroatoms. The highest BCUT2D eigenvalue weighted by Crippen LogP contribution is 2.15. The van der Waals surface area contributed by atoms with Gasteiger partial charge in [0.05, 0.1) is 0 Å². The summed E-state index contributed by atoms with van der Waals surface area (Å²) >= 11 is 0. The van der Waals surface area contributed by atoms with Crippen LogP contribution in [0.4, 0.5) is 0 Å². The molecule has 2 N–H and O–H groups in total. The Balaban J connectivity index is 2.31. The minimum absolute atomic E-state index is 0.0335. The van der Waals surface area contributed by atoms with Gasteiger partial charge in [-0.05, 0) is 25.2 Å². The van der Waals surface area contributed by atoms with Crippen molar-refractivity contribution in [1.29, 1.82) is 0 Å². The van der Waals surface area contributed by atoms with E-state index in [4.69, 9.17) is 0 Å². The average molecular weight is 188 g/mol. The highest BCUT2D eigenvalue weighted by Gasteiger charge is 2.14. The van der Waals surface area contributed by atoms with E-state index in [-0.39, 0.29) is 6.04 Å². The Morgan fingerprint density at radius 2 is 2.07 bits per heavy atom. The van der Waals surface area contributed by atoms with E-state index in [9.17, 15) is 0 Å². The maximum Gasteiger partial charge on any atom is 0.151 e. The third-order valence-corrected chi connectivity index (χ3v) is 2.07. The van der Waals surface area contributed by atoms with Crippen LogP contribution in [0.3, 0.4) is 0 Å². The van der Waals surface area contributed by atoms with Gasteiger partial charge >= 0.3 is 0 Å². The van der Waals surface area contributed by atoms with E-state index in [0.717, 1.165) is 11.5 Å². The molecule has 0 aliphatic rings. The highest BCUT2D eigenvalue weighted by atomic mass is 15.0. The lowest BCUT2D eigenvalue weighted by Gasteiger charge is -2.12. The zero-order chi connectivity index (χ0) is 9.80. The van der Waals surface area contributed by atoms with Gasteiger partial charge in [0, 0.05) is 24.3 Å². The van der Waals surface area contributed by atoms with Gasteiger partial charge in [0.25, 0.3) is 0 Å². The zero-order valence-corrected chi connectivity index (χ0v) is 7.94. The van der Waals surface area contributed by atoms with Crippen LogP contribution >= 0.6 is 0 Å². The largest absolute Gasteiger partial charge is 0.363 e. The molecule has 14 heavy (non-hydrogen) atoms.